The van der Waals surface area contributed by atoms with Crippen LogP contribution < -0.4 is 0 Å². The van der Waals surface area contributed by atoms with Gasteiger partial charge in [0.1, 0.15) is 5.75 Å². The second kappa shape index (κ2) is 7.01. The van der Waals surface area contributed by atoms with E-state index >= 15 is 0 Å². The van der Waals surface area contributed by atoms with Crippen molar-refractivity contribution in [1.82, 2.24) is 9.88 Å². The summed E-state index contributed by atoms with van der Waals surface area (Å²) in [5.41, 5.74) is 2.74. The second-order valence-corrected chi connectivity index (χ2v) is 6.49. The fourth-order valence-electron chi connectivity index (χ4n) is 3.16. The van der Waals surface area contributed by atoms with E-state index in [-0.39, 0.29) is 17.6 Å². The van der Waals surface area contributed by atoms with Gasteiger partial charge in [-0.3, -0.25) is 9.78 Å². The number of amides is 1. The average Bonchev–Trinajstić information content (AvgIpc) is 2.58. The van der Waals surface area contributed by atoms with Crippen molar-refractivity contribution in [3.05, 3.63) is 59.4 Å². The molecule has 1 saturated heterocycles. The van der Waals surface area contributed by atoms with Gasteiger partial charge in [-0.25, -0.2) is 0 Å². The van der Waals surface area contributed by atoms with E-state index in [2.05, 4.69) is 29.2 Å². The van der Waals surface area contributed by atoms with Gasteiger partial charge >= 0.3 is 0 Å². The van der Waals surface area contributed by atoms with Gasteiger partial charge in [0, 0.05) is 25.2 Å². The van der Waals surface area contributed by atoms with Gasteiger partial charge in [-0.2, -0.15) is 0 Å². The maximum absolute atomic E-state index is 12.6. The number of rotatable bonds is 3. The van der Waals surface area contributed by atoms with E-state index in [4.69, 9.17) is 0 Å². The molecule has 1 aliphatic heterocycles. The first-order chi connectivity index (χ1) is 11.5. The topological polar surface area (TPSA) is 73.7 Å². The Labute approximate surface area is 141 Å². The Bertz CT molecular complexity index is 715. The van der Waals surface area contributed by atoms with Crippen LogP contribution in [0, 0.1) is 12.8 Å². The highest BCUT2D eigenvalue weighted by molar-refractivity contribution is 5.94. The predicted molar refractivity (Wildman–Crippen MR) is 90.8 cm³/mol. The third kappa shape index (κ3) is 3.74. The van der Waals surface area contributed by atoms with Gasteiger partial charge < -0.3 is 15.1 Å². The van der Waals surface area contributed by atoms with Crippen molar-refractivity contribution in [1.29, 1.82) is 0 Å². The van der Waals surface area contributed by atoms with Gasteiger partial charge in [0.2, 0.25) is 0 Å². The summed E-state index contributed by atoms with van der Waals surface area (Å²) in [6.45, 7) is 3.06. The van der Waals surface area contributed by atoms with Crippen LogP contribution in [0.15, 0.2) is 42.7 Å². The molecule has 0 aliphatic carbocycles. The van der Waals surface area contributed by atoms with Crippen molar-refractivity contribution in [2.24, 2.45) is 5.92 Å². The molecule has 0 saturated carbocycles. The van der Waals surface area contributed by atoms with Crippen LogP contribution in [0.5, 0.6) is 5.75 Å². The van der Waals surface area contributed by atoms with E-state index < -0.39 is 6.10 Å². The monoisotopic (exact) mass is 326 g/mol. The number of carbonyl (C=O) groups excluding carboxylic acids is 1. The van der Waals surface area contributed by atoms with Crippen LogP contribution in [-0.2, 0) is 6.42 Å². The van der Waals surface area contributed by atoms with Gasteiger partial charge in [0.05, 0.1) is 17.9 Å². The average molecular weight is 326 g/mol. The molecule has 3 rings (SSSR count). The zero-order valence-corrected chi connectivity index (χ0v) is 13.7. The molecule has 5 heteroatoms. The quantitative estimate of drug-likeness (QED) is 0.906. The van der Waals surface area contributed by atoms with Crippen molar-refractivity contribution >= 4 is 5.91 Å². The minimum absolute atomic E-state index is 0.00988. The standard InChI is InChI=1S/C19H22N2O3/c1-13-2-4-14(5-3-13)8-16-12-21(7-6-18(16)23)19(24)15-9-17(22)11-20-10-15/h2-5,9-11,16,18,22-23H,6-8,12H2,1H3/t16-,18-/m1/s1. The summed E-state index contributed by atoms with van der Waals surface area (Å²) in [7, 11) is 0. The molecule has 2 aromatic rings. The molecule has 1 fully saturated rings. The lowest BCUT2D eigenvalue weighted by molar-refractivity contribution is 0.0241. The number of pyridine rings is 1. The number of likely N-dealkylation sites (tertiary alicyclic amines) is 1. The SMILES string of the molecule is Cc1ccc(C[C@@H]2CN(C(=O)c3cncc(O)c3)CC[C@H]2O)cc1. The number of piperidine rings is 1. The zero-order valence-electron chi connectivity index (χ0n) is 13.7. The minimum atomic E-state index is -0.405. The Balaban J connectivity index is 1.70. The highest BCUT2D eigenvalue weighted by Crippen LogP contribution is 2.23. The number of aliphatic hydroxyl groups excluding tert-OH is 1. The summed E-state index contributed by atoms with van der Waals surface area (Å²) in [6.07, 6.45) is 3.66. The van der Waals surface area contributed by atoms with E-state index in [1.807, 2.05) is 6.92 Å². The largest absolute Gasteiger partial charge is 0.506 e. The first-order valence-electron chi connectivity index (χ1n) is 8.20. The summed E-state index contributed by atoms with van der Waals surface area (Å²) in [5, 5.41) is 19.8. The van der Waals surface area contributed by atoms with Gasteiger partial charge in [0.25, 0.3) is 5.91 Å². The molecule has 0 unspecified atom stereocenters. The molecule has 2 N–H and O–H groups in total. The predicted octanol–water partition coefficient (Wildman–Crippen LogP) is 2.16. The van der Waals surface area contributed by atoms with Gasteiger partial charge in [0.15, 0.2) is 0 Å². The maximum Gasteiger partial charge on any atom is 0.255 e. The summed E-state index contributed by atoms with van der Waals surface area (Å²) >= 11 is 0. The maximum atomic E-state index is 12.6. The molecule has 24 heavy (non-hydrogen) atoms. The van der Waals surface area contributed by atoms with Crippen molar-refractivity contribution in [3.63, 3.8) is 0 Å². The van der Waals surface area contributed by atoms with E-state index in [1.54, 1.807) is 4.90 Å². The van der Waals surface area contributed by atoms with Crippen molar-refractivity contribution < 1.29 is 15.0 Å². The van der Waals surface area contributed by atoms with E-state index in [0.717, 1.165) is 12.0 Å². The summed E-state index contributed by atoms with van der Waals surface area (Å²) in [6, 6.07) is 9.69. The van der Waals surface area contributed by atoms with Crippen LogP contribution in [0.2, 0.25) is 0 Å². The lowest BCUT2D eigenvalue weighted by Crippen LogP contribution is -2.46. The molecule has 1 aliphatic rings. The molecule has 0 radical (unpaired) electrons. The highest BCUT2D eigenvalue weighted by Gasteiger charge is 2.30. The summed E-state index contributed by atoms with van der Waals surface area (Å²) < 4.78 is 0. The first kappa shape index (κ1) is 16.5. The van der Waals surface area contributed by atoms with Crippen LogP contribution in [-0.4, -0.2) is 45.2 Å². The number of hydrogen-bond acceptors (Lipinski definition) is 4. The molecule has 1 aromatic heterocycles. The van der Waals surface area contributed by atoms with Crippen LogP contribution in [0.4, 0.5) is 0 Å². The summed E-state index contributed by atoms with van der Waals surface area (Å²) in [5.74, 6) is -0.163. The van der Waals surface area contributed by atoms with Gasteiger partial charge in [-0.1, -0.05) is 29.8 Å². The molecule has 0 bridgehead atoms. The Kier molecular flexibility index (Phi) is 4.81. The lowest BCUT2D eigenvalue weighted by Gasteiger charge is -2.36. The molecule has 0 spiro atoms. The number of aromatic nitrogens is 1. The Morgan fingerprint density at radius 2 is 2.04 bits per heavy atom. The zero-order chi connectivity index (χ0) is 17.1. The Hall–Kier alpha value is -2.40. The Morgan fingerprint density at radius 1 is 1.29 bits per heavy atom. The molecule has 1 amide bonds. The van der Waals surface area contributed by atoms with Gasteiger partial charge in [-0.05, 0) is 31.4 Å². The lowest BCUT2D eigenvalue weighted by atomic mass is 9.88. The summed E-state index contributed by atoms with van der Waals surface area (Å²) in [4.78, 5) is 18.2. The number of aromatic hydroxyl groups is 1. The van der Waals surface area contributed by atoms with E-state index in [9.17, 15) is 15.0 Å². The van der Waals surface area contributed by atoms with Crippen molar-refractivity contribution in [3.8, 4) is 5.75 Å². The minimum Gasteiger partial charge on any atom is -0.506 e. The number of aryl methyl sites for hydroxylation is 1. The van der Waals surface area contributed by atoms with Crippen LogP contribution in [0.25, 0.3) is 0 Å². The van der Waals surface area contributed by atoms with Crippen molar-refractivity contribution in [2.45, 2.75) is 25.9 Å². The molecule has 5 nitrogen and oxygen atoms in total. The van der Waals surface area contributed by atoms with E-state index in [1.165, 1.54) is 24.0 Å². The number of carbonyl (C=O) groups is 1. The third-order valence-electron chi connectivity index (χ3n) is 4.57. The number of aliphatic hydroxyl groups is 1. The third-order valence-corrected chi connectivity index (χ3v) is 4.57. The molecular formula is C19H22N2O3. The molecule has 1 aromatic carbocycles. The van der Waals surface area contributed by atoms with Crippen LogP contribution in [0.1, 0.15) is 27.9 Å². The smallest absolute Gasteiger partial charge is 0.255 e. The normalized spacial score (nSPS) is 20.8. The fourth-order valence-corrected chi connectivity index (χ4v) is 3.16. The first-order valence-corrected chi connectivity index (χ1v) is 8.20. The Morgan fingerprint density at radius 3 is 2.75 bits per heavy atom. The van der Waals surface area contributed by atoms with Crippen LogP contribution in [0.3, 0.4) is 0 Å². The number of nitrogens with zero attached hydrogens (tertiary/aromatic N) is 2. The molecule has 126 valence electrons. The number of benzene rings is 1. The molecule has 2 heterocycles. The highest BCUT2D eigenvalue weighted by atomic mass is 16.3. The molecular weight excluding hydrogens is 304 g/mol. The fraction of sp³-hybridized carbons (Fsp3) is 0.368. The van der Waals surface area contributed by atoms with Crippen LogP contribution >= 0.6 is 0 Å². The van der Waals surface area contributed by atoms with Crippen molar-refractivity contribution in [2.75, 3.05) is 13.1 Å². The van der Waals surface area contributed by atoms with E-state index in [0.29, 0.717) is 25.1 Å². The molecule has 2 atom stereocenters. The van der Waals surface area contributed by atoms with Gasteiger partial charge in [-0.15, -0.1) is 0 Å². The number of hydrogen-bond donors (Lipinski definition) is 2. The second-order valence-electron chi connectivity index (χ2n) is 6.49.